The van der Waals surface area contributed by atoms with Crippen molar-refractivity contribution in [2.24, 2.45) is 0 Å². The highest BCUT2D eigenvalue weighted by molar-refractivity contribution is 6.27. The fourth-order valence-corrected chi connectivity index (χ4v) is 2.93. The molecule has 2 heterocycles. The van der Waals surface area contributed by atoms with Crippen LogP contribution in [0.2, 0.25) is 0 Å². The number of likely N-dealkylation sites (tertiary alicyclic amines) is 1. The van der Waals surface area contributed by atoms with E-state index >= 15 is 0 Å². The van der Waals surface area contributed by atoms with Crippen LogP contribution in [0, 0.1) is 0 Å². The Morgan fingerprint density at radius 2 is 1.91 bits per heavy atom. The fraction of sp³-hybridized carbons (Fsp3) is 0.500. The van der Waals surface area contributed by atoms with Gasteiger partial charge in [0.2, 0.25) is 12.0 Å². The van der Waals surface area contributed by atoms with E-state index in [1.807, 2.05) is 18.2 Å². The number of halogens is 1. The van der Waals surface area contributed by atoms with E-state index in [1.54, 1.807) is 11.0 Å². The summed E-state index contributed by atoms with van der Waals surface area (Å²) in [7, 11) is 0. The zero-order valence-corrected chi connectivity index (χ0v) is 13.4. The molecule has 1 atom stereocenters. The quantitative estimate of drug-likeness (QED) is 0.840. The Bertz CT molecular complexity index is 587. The van der Waals surface area contributed by atoms with Gasteiger partial charge in [0.1, 0.15) is 12.5 Å². The number of hydrogen-bond donors (Lipinski definition) is 1. The predicted molar refractivity (Wildman–Crippen MR) is 84.8 cm³/mol. The molecule has 1 fully saturated rings. The number of amides is 2. The van der Waals surface area contributed by atoms with Gasteiger partial charge in [-0.15, -0.1) is 11.6 Å². The number of ether oxygens (including phenoxy) is 2. The average molecular weight is 339 g/mol. The van der Waals surface area contributed by atoms with Crippen LogP contribution in [0.3, 0.4) is 0 Å². The molecule has 23 heavy (non-hydrogen) atoms. The molecule has 2 aliphatic rings. The van der Waals surface area contributed by atoms with E-state index in [9.17, 15) is 9.59 Å². The number of benzene rings is 1. The van der Waals surface area contributed by atoms with Crippen molar-refractivity contribution in [3.8, 4) is 11.5 Å². The zero-order chi connectivity index (χ0) is 16.2. The molecule has 0 spiro atoms. The number of nitrogens with zero attached hydrogens (tertiary/aromatic N) is 1. The molecule has 0 aromatic heterocycles. The van der Waals surface area contributed by atoms with Crippen molar-refractivity contribution in [1.29, 1.82) is 0 Å². The third-order valence-corrected chi connectivity index (χ3v) is 4.32. The van der Waals surface area contributed by atoms with Crippen LogP contribution < -0.4 is 14.8 Å². The molecule has 0 radical (unpaired) electrons. The van der Waals surface area contributed by atoms with Crippen LogP contribution in [0.25, 0.3) is 0 Å². The maximum absolute atomic E-state index is 12.6. The number of fused-ring (bicyclic) bond motifs is 1. The maximum atomic E-state index is 12.6. The van der Waals surface area contributed by atoms with Gasteiger partial charge in [-0.05, 0) is 25.0 Å². The Morgan fingerprint density at radius 3 is 2.61 bits per heavy atom. The molecule has 0 aliphatic carbocycles. The summed E-state index contributed by atoms with van der Waals surface area (Å²) in [6.45, 7) is 1.40. The SMILES string of the molecule is O=C(CCl)NC1CCN(C(=O)C2COc3ccccc3O2)CC1. The number of carbonyl (C=O) groups excluding carboxylic acids is 2. The average Bonchev–Trinajstić information content (AvgIpc) is 2.61. The summed E-state index contributed by atoms with van der Waals surface area (Å²) in [5.41, 5.74) is 0. The molecule has 1 aromatic rings. The molecule has 1 saturated heterocycles. The molecule has 2 aliphatic heterocycles. The second-order valence-corrected chi connectivity index (χ2v) is 5.93. The lowest BCUT2D eigenvalue weighted by molar-refractivity contribution is -0.142. The minimum Gasteiger partial charge on any atom is -0.485 e. The first-order chi connectivity index (χ1) is 11.2. The molecule has 7 heteroatoms. The van der Waals surface area contributed by atoms with Gasteiger partial charge in [-0.3, -0.25) is 9.59 Å². The molecule has 3 rings (SSSR count). The van der Waals surface area contributed by atoms with Crippen LogP contribution in [0.4, 0.5) is 0 Å². The van der Waals surface area contributed by atoms with Gasteiger partial charge in [-0.2, -0.15) is 0 Å². The van der Waals surface area contributed by atoms with E-state index in [0.717, 1.165) is 12.8 Å². The molecular weight excluding hydrogens is 320 g/mol. The summed E-state index contributed by atoms with van der Waals surface area (Å²) in [6, 6.07) is 7.41. The van der Waals surface area contributed by atoms with Crippen molar-refractivity contribution in [2.75, 3.05) is 25.6 Å². The van der Waals surface area contributed by atoms with E-state index in [1.165, 1.54) is 0 Å². The third kappa shape index (κ3) is 3.69. The Balaban J connectivity index is 1.53. The number of carbonyl (C=O) groups is 2. The third-order valence-electron chi connectivity index (χ3n) is 4.08. The van der Waals surface area contributed by atoms with Crippen molar-refractivity contribution in [2.45, 2.75) is 25.0 Å². The maximum Gasteiger partial charge on any atom is 0.267 e. The van der Waals surface area contributed by atoms with Gasteiger partial charge >= 0.3 is 0 Å². The van der Waals surface area contributed by atoms with Gasteiger partial charge in [0.15, 0.2) is 11.5 Å². The van der Waals surface area contributed by atoms with E-state index in [4.69, 9.17) is 21.1 Å². The number of piperidine rings is 1. The molecular formula is C16H19ClN2O4. The van der Waals surface area contributed by atoms with Gasteiger partial charge in [0.05, 0.1) is 0 Å². The number of hydrogen-bond acceptors (Lipinski definition) is 4. The van der Waals surface area contributed by atoms with Gasteiger partial charge in [-0.1, -0.05) is 12.1 Å². The molecule has 0 bridgehead atoms. The van der Waals surface area contributed by atoms with Gasteiger partial charge in [-0.25, -0.2) is 0 Å². The smallest absolute Gasteiger partial charge is 0.267 e. The van der Waals surface area contributed by atoms with E-state index < -0.39 is 6.10 Å². The van der Waals surface area contributed by atoms with Crippen LogP contribution in [0.5, 0.6) is 11.5 Å². The lowest BCUT2D eigenvalue weighted by atomic mass is 10.0. The second kappa shape index (κ2) is 7.08. The van der Waals surface area contributed by atoms with Gasteiger partial charge < -0.3 is 19.7 Å². The molecule has 1 unspecified atom stereocenters. The van der Waals surface area contributed by atoms with Crippen LogP contribution in [0.1, 0.15) is 12.8 Å². The van der Waals surface area contributed by atoms with Crippen LogP contribution in [-0.2, 0) is 9.59 Å². The monoisotopic (exact) mass is 338 g/mol. The summed E-state index contributed by atoms with van der Waals surface area (Å²) in [6.07, 6.45) is 0.829. The topological polar surface area (TPSA) is 67.9 Å². The van der Waals surface area contributed by atoms with Crippen LogP contribution in [0.15, 0.2) is 24.3 Å². The highest BCUT2D eigenvalue weighted by Gasteiger charge is 2.33. The lowest BCUT2D eigenvalue weighted by Crippen LogP contribution is -2.52. The summed E-state index contributed by atoms with van der Waals surface area (Å²) in [5, 5.41) is 2.86. The van der Waals surface area contributed by atoms with Crippen molar-refractivity contribution in [3.63, 3.8) is 0 Å². The molecule has 1 N–H and O–H groups in total. The Morgan fingerprint density at radius 1 is 1.22 bits per heavy atom. The summed E-state index contributed by atoms with van der Waals surface area (Å²) in [4.78, 5) is 25.6. The Kier molecular flexibility index (Phi) is 4.91. The summed E-state index contributed by atoms with van der Waals surface area (Å²) in [5.74, 6) is 0.991. The van der Waals surface area contributed by atoms with Crippen molar-refractivity contribution in [1.82, 2.24) is 10.2 Å². The van der Waals surface area contributed by atoms with Gasteiger partial charge in [0, 0.05) is 19.1 Å². The number of alkyl halides is 1. The zero-order valence-electron chi connectivity index (χ0n) is 12.7. The minimum absolute atomic E-state index is 0.0359. The highest BCUT2D eigenvalue weighted by Crippen LogP contribution is 2.31. The van der Waals surface area contributed by atoms with Crippen LogP contribution >= 0.6 is 11.6 Å². The minimum atomic E-state index is -0.612. The Hall–Kier alpha value is -1.95. The fourth-order valence-electron chi connectivity index (χ4n) is 2.86. The number of nitrogens with one attached hydrogen (secondary N) is 1. The highest BCUT2D eigenvalue weighted by atomic mass is 35.5. The predicted octanol–water partition coefficient (Wildman–Crippen LogP) is 1.17. The van der Waals surface area contributed by atoms with Crippen molar-refractivity contribution in [3.05, 3.63) is 24.3 Å². The molecule has 2 amide bonds. The molecule has 1 aromatic carbocycles. The number of rotatable bonds is 3. The van der Waals surface area contributed by atoms with Crippen molar-refractivity contribution < 1.29 is 19.1 Å². The molecule has 6 nitrogen and oxygen atoms in total. The number of para-hydroxylation sites is 2. The standard InChI is InChI=1S/C16H19ClN2O4/c17-9-15(20)18-11-5-7-19(8-6-11)16(21)14-10-22-12-3-1-2-4-13(12)23-14/h1-4,11,14H,5-10H2,(H,18,20). The van der Waals surface area contributed by atoms with E-state index in [2.05, 4.69) is 5.32 Å². The molecule has 0 saturated carbocycles. The summed E-state index contributed by atoms with van der Waals surface area (Å²) < 4.78 is 11.3. The van der Waals surface area contributed by atoms with E-state index in [0.29, 0.717) is 24.6 Å². The van der Waals surface area contributed by atoms with Crippen LogP contribution in [-0.4, -0.2) is 54.4 Å². The van der Waals surface area contributed by atoms with Crippen molar-refractivity contribution >= 4 is 23.4 Å². The lowest BCUT2D eigenvalue weighted by Gasteiger charge is -2.35. The summed E-state index contributed by atoms with van der Waals surface area (Å²) >= 11 is 5.49. The first-order valence-corrected chi connectivity index (χ1v) is 8.23. The largest absolute Gasteiger partial charge is 0.485 e. The molecule has 124 valence electrons. The second-order valence-electron chi connectivity index (χ2n) is 5.66. The normalized spacial score (nSPS) is 20.9. The first-order valence-electron chi connectivity index (χ1n) is 7.70. The Labute approximate surface area is 139 Å². The van der Waals surface area contributed by atoms with E-state index in [-0.39, 0.29) is 30.3 Å². The first kappa shape index (κ1) is 15.9. The van der Waals surface area contributed by atoms with Gasteiger partial charge in [0.25, 0.3) is 5.91 Å².